The Morgan fingerprint density at radius 1 is 1.35 bits per heavy atom. The van der Waals surface area contributed by atoms with Gasteiger partial charge in [-0.25, -0.2) is 4.79 Å². The van der Waals surface area contributed by atoms with E-state index in [0.717, 1.165) is 19.3 Å². The molecule has 1 aliphatic rings. The van der Waals surface area contributed by atoms with E-state index in [1.807, 2.05) is 0 Å². The summed E-state index contributed by atoms with van der Waals surface area (Å²) in [6.07, 6.45) is 4.28. The monoisotopic (exact) mass is 277 g/mol. The van der Waals surface area contributed by atoms with Crippen LogP contribution in [0, 0.1) is 19.3 Å². The number of rotatable bonds is 2. The molecule has 0 aliphatic heterocycles. The quantitative estimate of drug-likeness (QED) is 0.902. The van der Waals surface area contributed by atoms with Crippen LogP contribution in [-0.4, -0.2) is 15.6 Å². The number of aryl methyl sites for hydroxylation is 1. The largest absolute Gasteiger partial charge is 0.478 e. The molecule has 1 fully saturated rings. The molecule has 0 saturated heterocycles. The average Bonchev–Trinajstić information content (AvgIpc) is 2.29. The molecule has 1 aliphatic carbocycles. The van der Waals surface area contributed by atoms with Gasteiger partial charge in [0.05, 0.1) is 5.56 Å². The molecule has 0 aromatic carbocycles. The van der Waals surface area contributed by atoms with Crippen molar-refractivity contribution in [3.8, 4) is 0 Å². The topological polar surface area (TPSA) is 59.3 Å². The molecule has 110 valence electrons. The smallest absolute Gasteiger partial charge is 0.337 e. The number of carbonyl (C=O) groups is 1. The van der Waals surface area contributed by atoms with E-state index in [2.05, 4.69) is 13.8 Å². The van der Waals surface area contributed by atoms with Crippen molar-refractivity contribution in [3.63, 3.8) is 0 Å². The summed E-state index contributed by atoms with van der Waals surface area (Å²) < 4.78 is 1.72. The number of carboxylic acid groups (broad SMARTS) is 1. The van der Waals surface area contributed by atoms with Crippen molar-refractivity contribution in [1.29, 1.82) is 0 Å². The summed E-state index contributed by atoms with van der Waals surface area (Å²) in [7, 11) is 0. The first kappa shape index (κ1) is 14.8. The van der Waals surface area contributed by atoms with Crippen LogP contribution in [0.15, 0.2) is 10.9 Å². The van der Waals surface area contributed by atoms with E-state index in [-0.39, 0.29) is 22.6 Å². The Balaban J connectivity index is 2.65. The fraction of sp³-hybridized carbons (Fsp3) is 0.625. The highest BCUT2D eigenvalue weighted by molar-refractivity contribution is 5.90. The summed E-state index contributed by atoms with van der Waals surface area (Å²) >= 11 is 0. The predicted octanol–water partition coefficient (Wildman–Crippen LogP) is 3.30. The van der Waals surface area contributed by atoms with Crippen molar-refractivity contribution in [2.75, 3.05) is 0 Å². The second kappa shape index (κ2) is 5.08. The number of aromatic nitrogens is 1. The zero-order valence-corrected chi connectivity index (χ0v) is 12.7. The van der Waals surface area contributed by atoms with Crippen LogP contribution in [0.5, 0.6) is 0 Å². The number of carboxylic acids is 1. The van der Waals surface area contributed by atoms with Crippen molar-refractivity contribution in [1.82, 2.24) is 4.57 Å². The molecule has 4 heteroatoms. The molecule has 1 saturated carbocycles. The summed E-state index contributed by atoms with van der Waals surface area (Å²) in [6, 6.07) is 1.55. The van der Waals surface area contributed by atoms with Gasteiger partial charge in [-0.05, 0) is 37.7 Å². The maximum absolute atomic E-state index is 12.4. The lowest BCUT2D eigenvalue weighted by molar-refractivity contribution is 0.0691. The van der Waals surface area contributed by atoms with Crippen molar-refractivity contribution in [2.45, 2.75) is 59.4 Å². The highest BCUT2D eigenvalue weighted by Gasteiger charge is 2.35. The Morgan fingerprint density at radius 3 is 2.55 bits per heavy atom. The zero-order valence-electron chi connectivity index (χ0n) is 12.7. The van der Waals surface area contributed by atoms with Gasteiger partial charge in [0.15, 0.2) is 0 Å². The standard InChI is InChI=1S/C16H23NO3/c1-10-9-13(18)17(11(2)14(10)15(19)20)12-7-5-6-8-16(12,3)4/h9,12H,5-8H2,1-4H3,(H,19,20). The summed E-state index contributed by atoms with van der Waals surface area (Å²) in [4.78, 5) is 23.8. The van der Waals surface area contributed by atoms with E-state index in [9.17, 15) is 14.7 Å². The summed E-state index contributed by atoms with van der Waals surface area (Å²) in [6.45, 7) is 7.78. The van der Waals surface area contributed by atoms with Crippen LogP contribution in [0.2, 0.25) is 0 Å². The first-order chi connectivity index (χ1) is 9.25. The van der Waals surface area contributed by atoms with Gasteiger partial charge >= 0.3 is 5.97 Å². The molecule has 1 aromatic heterocycles. The minimum atomic E-state index is -0.956. The Morgan fingerprint density at radius 2 is 2.00 bits per heavy atom. The summed E-state index contributed by atoms with van der Waals surface area (Å²) in [5, 5.41) is 9.37. The third-order valence-electron chi connectivity index (χ3n) is 4.67. The maximum atomic E-state index is 12.4. The predicted molar refractivity (Wildman–Crippen MR) is 78.4 cm³/mol. The molecule has 0 radical (unpaired) electrons. The number of hydrogen-bond acceptors (Lipinski definition) is 2. The van der Waals surface area contributed by atoms with Gasteiger partial charge in [0.2, 0.25) is 0 Å². The minimum absolute atomic E-state index is 0.0257. The zero-order chi connectivity index (χ0) is 15.1. The van der Waals surface area contributed by atoms with E-state index in [1.54, 1.807) is 18.4 Å². The van der Waals surface area contributed by atoms with Gasteiger partial charge < -0.3 is 9.67 Å². The van der Waals surface area contributed by atoms with E-state index >= 15 is 0 Å². The summed E-state index contributed by atoms with van der Waals surface area (Å²) in [5.74, 6) is -0.956. The van der Waals surface area contributed by atoms with E-state index in [0.29, 0.717) is 11.3 Å². The molecule has 0 bridgehead atoms. The molecule has 0 spiro atoms. The second-order valence-electron chi connectivity index (χ2n) is 6.55. The van der Waals surface area contributed by atoms with Gasteiger partial charge in [-0.3, -0.25) is 4.79 Å². The van der Waals surface area contributed by atoms with Gasteiger partial charge in [-0.15, -0.1) is 0 Å². The Labute approximate surface area is 119 Å². The van der Waals surface area contributed by atoms with E-state index in [1.165, 1.54) is 12.5 Å². The number of pyridine rings is 1. The van der Waals surface area contributed by atoms with Crippen LogP contribution in [0.4, 0.5) is 0 Å². The van der Waals surface area contributed by atoms with Gasteiger partial charge in [-0.1, -0.05) is 26.7 Å². The van der Waals surface area contributed by atoms with Gasteiger partial charge in [-0.2, -0.15) is 0 Å². The average molecular weight is 277 g/mol. The molecule has 1 atom stereocenters. The lowest BCUT2D eigenvalue weighted by atomic mass is 9.73. The summed E-state index contributed by atoms with van der Waals surface area (Å²) in [5.41, 5.74) is 1.35. The Bertz CT molecular complexity index is 598. The minimum Gasteiger partial charge on any atom is -0.478 e. The van der Waals surface area contributed by atoms with Crippen LogP contribution < -0.4 is 5.56 Å². The van der Waals surface area contributed by atoms with Crippen LogP contribution in [0.1, 0.15) is 67.2 Å². The first-order valence-electron chi connectivity index (χ1n) is 7.22. The van der Waals surface area contributed by atoms with Gasteiger partial charge in [0.1, 0.15) is 0 Å². The van der Waals surface area contributed by atoms with Crippen molar-refractivity contribution in [2.24, 2.45) is 5.41 Å². The fourth-order valence-corrected chi connectivity index (χ4v) is 3.56. The Hall–Kier alpha value is -1.58. The molecule has 1 N–H and O–H groups in total. The second-order valence-corrected chi connectivity index (χ2v) is 6.55. The van der Waals surface area contributed by atoms with Crippen LogP contribution in [0.25, 0.3) is 0 Å². The van der Waals surface area contributed by atoms with Crippen molar-refractivity contribution in [3.05, 3.63) is 33.2 Å². The van der Waals surface area contributed by atoms with Crippen LogP contribution in [-0.2, 0) is 0 Å². The van der Waals surface area contributed by atoms with E-state index < -0.39 is 5.97 Å². The molecular formula is C16H23NO3. The molecule has 20 heavy (non-hydrogen) atoms. The van der Waals surface area contributed by atoms with Crippen molar-refractivity contribution >= 4 is 5.97 Å². The van der Waals surface area contributed by atoms with Crippen LogP contribution in [0.3, 0.4) is 0 Å². The number of nitrogens with zero attached hydrogens (tertiary/aromatic N) is 1. The third-order valence-corrected chi connectivity index (χ3v) is 4.67. The Kier molecular flexibility index (Phi) is 3.76. The molecule has 1 unspecified atom stereocenters. The third kappa shape index (κ3) is 2.39. The number of hydrogen-bond donors (Lipinski definition) is 1. The normalized spacial score (nSPS) is 21.7. The molecule has 4 nitrogen and oxygen atoms in total. The van der Waals surface area contributed by atoms with Gasteiger partial charge in [0, 0.05) is 17.8 Å². The molecule has 1 heterocycles. The molecule has 2 rings (SSSR count). The first-order valence-corrected chi connectivity index (χ1v) is 7.22. The van der Waals surface area contributed by atoms with Crippen LogP contribution >= 0.6 is 0 Å². The number of aromatic carboxylic acids is 1. The maximum Gasteiger partial charge on any atom is 0.337 e. The highest BCUT2D eigenvalue weighted by atomic mass is 16.4. The van der Waals surface area contributed by atoms with Gasteiger partial charge in [0.25, 0.3) is 5.56 Å². The lowest BCUT2D eigenvalue weighted by Gasteiger charge is -2.40. The van der Waals surface area contributed by atoms with Crippen molar-refractivity contribution < 1.29 is 9.90 Å². The molecule has 0 amide bonds. The molecular weight excluding hydrogens is 254 g/mol. The molecule has 1 aromatic rings. The van der Waals surface area contributed by atoms with E-state index in [4.69, 9.17) is 0 Å². The highest BCUT2D eigenvalue weighted by Crippen LogP contribution is 2.43. The fourth-order valence-electron chi connectivity index (χ4n) is 3.56. The lowest BCUT2D eigenvalue weighted by Crippen LogP contribution is -2.38. The SMILES string of the molecule is Cc1cc(=O)n(C2CCCCC2(C)C)c(C)c1C(=O)O.